The molecule has 11 heteroatoms. The molecule has 0 aliphatic heterocycles. The van der Waals surface area contributed by atoms with Crippen LogP contribution in [0.1, 0.15) is 0 Å². The van der Waals surface area contributed by atoms with Gasteiger partial charge in [0.25, 0.3) is 0 Å². The van der Waals surface area contributed by atoms with Crippen LogP contribution in [-0.2, 0) is 19.6 Å². The van der Waals surface area contributed by atoms with Crippen LogP contribution < -0.4 is 0 Å². The molecule has 0 aliphatic carbocycles. The lowest BCUT2D eigenvalue weighted by atomic mass is 11.4. The zero-order valence-electron chi connectivity index (χ0n) is 5.81. The Morgan fingerprint density at radius 1 is 0.786 bits per heavy atom. The first-order valence-electron chi connectivity index (χ1n) is 2.49. The van der Waals surface area contributed by atoms with Gasteiger partial charge in [-0.25, -0.2) is 0 Å². The number of rotatable bonds is 2. The molecule has 0 amide bonds. The molecular formula is C3Cl6O5. The first-order chi connectivity index (χ1) is 6.10. The number of alkyl halides is 6. The Labute approximate surface area is 108 Å². The number of carbonyl (C=O) groups is 1. The molecule has 0 saturated heterocycles. The van der Waals surface area contributed by atoms with Gasteiger partial charge >= 0.3 is 14.1 Å². The average Bonchev–Trinajstić information content (AvgIpc) is 1.94. The Bertz CT molecular complexity index is 175. The summed E-state index contributed by atoms with van der Waals surface area (Å²) in [6.07, 6.45) is -1.53. The molecular weight excluding hydrogens is 329 g/mol. The Hall–Kier alpha value is 0.930. The topological polar surface area (TPSA) is 54.0 Å². The quantitative estimate of drug-likeness (QED) is 0.440. The van der Waals surface area contributed by atoms with E-state index in [1.165, 1.54) is 0 Å². The maximum Gasteiger partial charge on any atom is 0.573 e. The molecule has 0 bridgehead atoms. The van der Waals surface area contributed by atoms with Crippen molar-refractivity contribution in [3.8, 4) is 0 Å². The largest absolute Gasteiger partial charge is 0.573 e. The van der Waals surface area contributed by atoms with Gasteiger partial charge in [-0.3, -0.25) is 9.78 Å². The summed E-state index contributed by atoms with van der Waals surface area (Å²) in [4.78, 5) is 25.7. The smallest absolute Gasteiger partial charge is 0.253 e. The summed E-state index contributed by atoms with van der Waals surface area (Å²) in [5, 5.41) is 0. The highest BCUT2D eigenvalue weighted by Crippen LogP contribution is 2.29. The lowest BCUT2D eigenvalue weighted by molar-refractivity contribution is -0.325. The van der Waals surface area contributed by atoms with E-state index < -0.39 is 14.1 Å². The van der Waals surface area contributed by atoms with Gasteiger partial charge < -0.3 is 0 Å². The van der Waals surface area contributed by atoms with Crippen molar-refractivity contribution in [1.82, 2.24) is 0 Å². The fourth-order valence-electron chi connectivity index (χ4n) is 0.176. The summed E-state index contributed by atoms with van der Waals surface area (Å²) in [6, 6.07) is 0. The van der Waals surface area contributed by atoms with Gasteiger partial charge in [0.1, 0.15) is 0 Å². The number of halogens is 6. The van der Waals surface area contributed by atoms with Gasteiger partial charge in [-0.05, 0) is 69.6 Å². The van der Waals surface area contributed by atoms with Crippen LogP contribution in [0.4, 0.5) is 4.79 Å². The zero-order valence-corrected chi connectivity index (χ0v) is 10.3. The summed E-state index contributed by atoms with van der Waals surface area (Å²) >= 11 is 30.1. The fraction of sp³-hybridized carbons (Fsp3) is 0.667. The van der Waals surface area contributed by atoms with E-state index in [0.717, 1.165) is 0 Å². The minimum atomic E-state index is -2.25. The van der Waals surface area contributed by atoms with Crippen LogP contribution in [0, 0.1) is 0 Å². The van der Waals surface area contributed by atoms with Crippen molar-refractivity contribution in [2.24, 2.45) is 0 Å². The van der Waals surface area contributed by atoms with E-state index in [0.29, 0.717) is 0 Å². The summed E-state index contributed by atoms with van der Waals surface area (Å²) in [7, 11) is 0. The number of hydrogen-bond acceptors (Lipinski definition) is 5. The summed E-state index contributed by atoms with van der Waals surface area (Å²) < 4.78 is -4.50. The first kappa shape index (κ1) is 14.9. The van der Waals surface area contributed by atoms with Gasteiger partial charge in [0.05, 0.1) is 0 Å². The van der Waals surface area contributed by atoms with Gasteiger partial charge in [-0.2, -0.15) is 4.79 Å². The lowest BCUT2D eigenvalue weighted by Crippen LogP contribution is -2.18. The van der Waals surface area contributed by atoms with E-state index in [2.05, 4.69) is 19.6 Å². The highest BCUT2D eigenvalue weighted by molar-refractivity contribution is 6.66. The van der Waals surface area contributed by atoms with Crippen LogP contribution in [0.3, 0.4) is 0 Å². The molecule has 84 valence electrons. The Balaban J connectivity index is 3.68. The van der Waals surface area contributed by atoms with E-state index in [-0.39, 0.29) is 0 Å². The first-order valence-corrected chi connectivity index (χ1v) is 4.76. The number of carbonyl (C=O) groups excluding carboxylic acids is 1. The van der Waals surface area contributed by atoms with Crippen LogP contribution in [0.15, 0.2) is 0 Å². The van der Waals surface area contributed by atoms with Gasteiger partial charge in [0, 0.05) is 0 Å². The molecule has 0 aromatic heterocycles. The van der Waals surface area contributed by atoms with Crippen LogP contribution in [-0.4, -0.2) is 14.1 Å². The molecule has 5 nitrogen and oxygen atoms in total. The summed E-state index contributed by atoms with van der Waals surface area (Å²) in [6.45, 7) is 0. The molecule has 0 aromatic rings. The molecule has 0 atom stereocenters. The Morgan fingerprint density at radius 2 is 1.07 bits per heavy atom. The monoisotopic (exact) mass is 326 g/mol. The molecule has 0 unspecified atom stereocenters. The zero-order chi connectivity index (χ0) is 11.4. The second-order valence-electron chi connectivity index (χ2n) is 1.47. The highest BCUT2D eigenvalue weighted by Gasteiger charge is 2.28. The normalized spacial score (nSPS) is 12.4. The Morgan fingerprint density at radius 3 is 1.29 bits per heavy atom. The molecule has 0 N–H and O–H groups in total. The minimum Gasteiger partial charge on any atom is -0.253 e. The highest BCUT2D eigenvalue weighted by atomic mass is 35.6. The molecule has 0 saturated carbocycles. The van der Waals surface area contributed by atoms with Gasteiger partial charge in [0.15, 0.2) is 0 Å². The second-order valence-corrected chi connectivity index (χ2v) is 5.83. The predicted molar refractivity (Wildman–Crippen MR) is 50.3 cm³/mol. The van der Waals surface area contributed by atoms with E-state index in [1.807, 2.05) is 0 Å². The van der Waals surface area contributed by atoms with Crippen molar-refractivity contribution in [2.75, 3.05) is 0 Å². The molecule has 0 heterocycles. The van der Waals surface area contributed by atoms with Gasteiger partial charge in [0.2, 0.25) is 0 Å². The van der Waals surface area contributed by atoms with Gasteiger partial charge in [-0.1, -0.05) is 0 Å². The van der Waals surface area contributed by atoms with Crippen molar-refractivity contribution in [3.05, 3.63) is 0 Å². The van der Waals surface area contributed by atoms with Gasteiger partial charge in [-0.15, -0.1) is 9.78 Å². The predicted octanol–water partition coefficient (Wildman–Crippen LogP) is 3.66. The fourth-order valence-corrected chi connectivity index (χ4v) is 0.365. The molecule has 14 heavy (non-hydrogen) atoms. The van der Waals surface area contributed by atoms with Crippen LogP contribution in [0.25, 0.3) is 0 Å². The molecule has 0 rings (SSSR count). The van der Waals surface area contributed by atoms with Crippen LogP contribution in [0.5, 0.6) is 0 Å². The molecule has 0 radical (unpaired) electrons. The lowest BCUT2D eigenvalue weighted by Gasteiger charge is -2.11. The maximum absolute atomic E-state index is 10.5. The van der Waals surface area contributed by atoms with Crippen molar-refractivity contribution in [1.29, 1.82) is 0 Å². The van der Waals surface area contributed by atoms with Crippen molar-refractivity contribution in [3.63, 3.8) is 0 Å². The van der Waals surface area contributed by atoms with Crippen molar-refractivity contribution in [2.45, 2.75) is 7.96 Å². The molecule has 0 aliphatic rings. The van der Waals surface area contributed by atoms with Crippen molar-refractivity contribution < 1.29 is 24.3 Å². The minimum absolute atomic E-state index is 1.53. The number of hydrogen-bond donors (Lipinski definition) is 0. The molecule has 0 fully saturated rings. The SMILES string of the molecule is O=C(OOC(Cl)(Cl)Cl)OOC(Cl)(Cl)Cl. The van der Waals surface area contributed by atoms with E-state index >= 15 is 0 Å². The molecule has 0 spiro atoms. The average molecular weight is 329 g/mol. The Kier molecular flexibility index (Phi) is 6.25. The standard InChI is InChI=1S/C3Cl6O5/c4-2(5,6)13-11-1(10)12-14-3(7,8)9. The summed E-state index contributed by atoms with van der Waals surface area (Å²) in [5.74, 6) is 0. The van der Waals surface area contributed by atoms with E-state index in [9.17, 15) is 4.79 Å². The molecule has 0 aromatic carbocycles. The second kappa shape index (κ2) is 5.86. The summed E-state index contributed by atoms with van der Waals surface area (Å²) in [5.41, 5.74) is 0. The third-order valence-electron chi connectivity index (χ3n) is 0.408. The third-order valence-corrected chi connectivity index (χ3v) is 0.786. The third kappa shape index (κ3) is 11.0. The van der Waals surface area contributed by atoms with E-state index in [1.54, 1.807) is 0 Å². The maximum atomic E-state index is 10.5. The van der Waals surface area contributed by atoms with Crippen molar-refractivity contribution >= 4 is 75.8 Å². The van der Waals surface area contributed by atoms with Crippen LogP contribution >= 0.6 is 69.6 Å². The van der Waals surface area contributed by atoms with E-state index in [4.69, 9.17) is 69.6 Å². The van der Waals surface area contributed by atoms with Crippen LogP contribution in [0.2, 0.25) is 0 Å².